The smallest absolute Gasteiger partial charge is 0.271 e. The van der Waals surface area contributed by atoms with Crippen molar-refractivity contribution in [1.82, 2.24) is 15.3 Å². The number of nitrogens with one attached hydrogen (secondary N) is 2. The fourth-order valence-corrected chi connectivity index (χ4v) is 2.27. The van der Waals surface area contributed by atoms with Gasteiger partial charge >= 0.3 is 0 Å². The second-order valence-electron chi connectivity index (χ2n) is 5.49. The summed E-state index contributed by atoms with van der Waals surface area (Å²) in [7, 11) is 0. The van der Waals surface area contributed by atoms with E-state index >= 15 is 0 Å². The number of furan rings is 1. The van der Waals surface area contributed by atoms with Crippen LogP contribution in [0.15, 0.2) is 53.4 Å². The Labute approximate surface area is 140 Å². The second-order valence-corrected chi connectivity index (χ2v) is 5.49. The average molecular weight is 322 g/mol. The van der Waals surface area contributed by atoms with E-state index in [1.165, 1.54) is 11.8 Å². The van der Waals surface area contributed by atoms with Gasteiger partial charge in [0.05, 0.1) is 25.2 Å². The zero-order chi connectivity index (χ0) is 16.9. The minimum absolute atomic E-state index is 0.257. The van der Waals surface area contributed by atoms with Gasteiger partial charge in [-0.25, -0.2) is 9.97 Å². The number of hydrogen-bond donors (Lipinski definition) is 2. The number of carbonyl (C=O) groups is 1. The van der Waals surface area contributed by atoms with E-state index in [1.807, 2.05) is 26.0 Å². The lowest BCUT2D eigenvalue weighted by atomic mass is 10.1. The minimum atomic E-state index is -0.294. The molecule has 0 atom stereocenters. The molecule has 2 heterocycles. The molecule has 0 saturated heterocycles. The van der Waals surface area contributed by atoms with E-state index in [4.69, 9.17) is 4.42 Å². The Balaban J connectivity index is 1.63. The highest BCUT2D eigenvalue weighted by Crippen LogP contribution is 2.19. The summed E-state index contributed by atoms with van der Waals surface area (Å²) in [6, 6.07) is 9.68. The topological polar surface area (TPSA) is 80.0 Å². The van der Waals surface area contributed by atoms with E-state index in [2.05, 4.69) is 26.7 Å². The van der Waals surface area contributed by atoms with Crippen molar-refractivity contribution in [3.63, 3.8) is 0 Å². The standard InChI is InChI=1S/C18H18N4O2/c1-12-5-6-15(13(2)8-12)22-17-11-19-16(10-20-17)18(23)21-9-14-4-3-7-24-14/h3-8,10-11H,9H2,1-2H3,(H,20,22)(H,21,23). The van der Waals surface area contributed by atoms with Gasteiger partial charge in [0.15, 0.2) is 0 Å². The molecule has 1 aromatic carbocycles. The molecule has 0 aliphatic heterocycles. The maximum Gasteiger partial charge on any atom is 0.271 e. The molecular weight excluding hydrogens is 304 g/mol. The molecule has 0 aliphatic rings. The summed E-state index contributed by atoms with van der Waals surface area (Å²) >= 11 is 0. The Morgan fingerprint density at radius 2 is 2.04 bits per heavy atom. The number of benzene rings is 1. The maximum absolute atomic E-state index is 12.0. The first-order chi connectivity index (χ1) is 11.6. The van der Waals surface area contributed by atoms with Gasteiger partial charge in [-0.15, -0.1) is 0 Å². The monoisotopic (exact) mass is 322 g/mol. The third-order valence-corrected chi connectivity index (χ3v) is 3.53. The van der Waals surface area contributed by atoms with Crippen LogP contribution in [0.1, 0.15) is 27.4 Å². The summed E-state index contributed by atoms with van der Waals surface area (Å²) in [6.07, 6.45) is 4.55. The zero-order valence-electron chi connectivity index (χ0n) is 13.5. The number of carbonyl (C=O) groups excluding carboxylic acids is 1. The number of rotatable bonds is 5. The Bertz CT molecular complexity index is 827. The lowest BCUT2D eigenvalue weighted by Gasteiger charge is -2.09. The van der Waals surface area contributed by atoms with Crippen LogP contribution in [0, 0.1) is 13.8 Å². The largest absolute Gasteiger partial charge is 0.467 e. The molecule has 0 radical (unpaired) electrons. The van der Waals surface area contributed by atoms with E-state index < -0.39 is 0 Å². The van der Waals surface area contributed by atoms with E-state index in [-0.39, 0.29) is 11.6 Å². The van der Waals surface area contributed by atoms with E-state index in [9.17, 15) is 4.79 Å². The van der Waals surface area contributed by atoms with Crippen LogP contribution < -0.4 is 10.6 Å². The number of nitrogens with zero attached hydrogens (tertiary/aromatic N) is 2. The quantitative estimate of drug-likeness (QED) is 0.753. The lowest BCUT2D eigenvalue weighted by molar-refractivity contribution is 0.0942. The summed E-state index contributed by atoms with van der Waals surface area (Å²) < 4.78 is 5.16. The van der Waals surface area contributed by atoms with Gasteiger partial charge in [0.25, 0.3) is 5.91 Å². The molecule has 3 rings (SSSR count). The molecular formula is C18H18N4O2. The molecule has 6 nitrogen and oxygen atoms in total. The minimum Gasteiger partial charge on any atom is -0.467 e. The van der Waals surface area contributed by atoms with Crippen LogP contribution in [0.3, 0.4) is 0 Å². The molecule has 0 saturated carbocycles. The first kappa shape index (κ1) is 15.7. The predicted octanol–water partition coefficient (Wildman–Crippen LogP) is 3.36. The molecule has 24 heavy (non-hydrogen) atoms. The fourth-order valence-electron chi connectivity index (χ4n) is 2.27. The second kappa shape index (κ2) is 6.95. The summed E-state index contributed by atoms with van der Waals surface area (Å²) in [4.78, 5) is 20.4. The molecule has 0 unspecified atom stereocenters. The van der Waals surface area contributed by atoms with Crippen LogP contribution in [0.4, 0.5) is 11.5 Å². The van der Waals surface area contributed by atoms with Crippen molar-refractivity contribution in [3.8, 4) is 0 Å². The molecule has 0 spiro atoms. The molecule has 2 aromatic heterocycles. The Morgan fingerprint density at radius 1 is 1.17 bits per heavy atom. The molecule has 1 amide bonds. The number of amides is 1. The lowest BCUT2D eigenvalue weighted by Crippen LogP contribution is -2.23. The van der Waals surface area contributed by atoms with Crippen molar-refractivity contribution < 1.29 is 9.21 Å². The Hall–Kier alpha value is -3.15. The van der Waals surface area contributed by atoms with Gasteiger partial charge < -0.3 is 15.1 Å². The first-order valence-electron chi connectivity index (χ1n) is 7.59. The van der Waals surface area contributed by atoms with Crippen LogP contribution in [-0.2, 0) is 6.54 Å². The molecule has 0 bridgehead atoms. The van der Waals surface area contributed by atoms with Gasteiger partial charge in [-0.1, -0.05) is 17.7 Å². The average Bonchev–Trinajstić information content (AvgIpc) is 3.09. The van der Waals surface area contributed by atoms with Crippen LogP contribution in [0.5, 0.6) is 0 Å². The van der Waals surface area contributed by atoms with E-state index in [1.54, 1.807) is 24.6 Å². The third kappa shape index (κ3) is 3.78. The van der Waals surface area contributed by atoms with Crippen molar-refractivity contribution in [3.05, 3.63) is 71.6 Å². The van der Waals surface area contributed by atoms with Crippen molar-refractivity contribution >= 4 is 17.4 Å². The molecule has 2 N–H and O–H groups in total. The predicted molar refractivity (Wildman–Crippen MR) is 91.1 cm³/mol. The highest BCUT2D eigenvalue weighted by atomic mass is 16.3. The first-order valence-corrected chi connectivity index (χ1v) is 7.59. The van der Waals surface area contributed by atoms with Gasteiger partial charge in [0, 0.05) is 5.69 Å². The molecule has 0 fully saturated rings. The van der Waals surface area contributed by atoms with Crippen LogP contribution >= 0.6 is 0 Å². The zero-order valence-corrected chi connectivity index (χ0v) is 13.5. The maximum atomic E-state index is 12.0. The van der Waals surface area contributed by atoms with E-state index in [0.29, 0.717) is 18.1 Å². The molecule has 0 aliphatic carbocycles. The van der Waals surface area contributed by atoms with Crippen LogP contribution in [0.2, 0.25) is 0 Å². The number of aryl methyl sites for hydroxylation is 2. The molecule has 122 valence electrons. The Morgan fingerprint density at radius 3 is 2.71 bits per heavy atom. The van der Waals surface area contributed by atoms with Gasteiger partial charge in [-0.3, -0.25) is 4.79 Å². The highest BCUT2D eigenvalue weighted by molar-refractivity contribution is 5.91. The van der Waals surface area contributed by atoms with Crippen molar-refractivity contribution in [2.45, 2.75) is 20.4 Å². The summed E-state index contributed by atoms with van der Waals surface area (Å²) in [5, 5.41) is 5.93. The Kier molecular flexibility index (Phi) is 4.56. The van der Waals surface area contributed by atoms with Gasteiger partial charge in [-0.2, -0.15) is 0 Å². The normalized spacial score (nSPS) is 10.4. The fraction of sp³-hybridized carbons (Fsp3) is 0.167. The third-order valence-electron chi connectivity index (χ3n) is 3.53. The molecule has 3 aromatic rings. The van der Waals surface area contributed by atoms with Crippen molar-refractivity contribution in [2.75, 3.05) is 5.32 Å². The summed E-state index contributed by atoms with van der Waals surface area (Å²) in [6.45, 7) is 4.39. The van der Waals surface area contributed by atoms with Crippen LogP contribution in [-0.4, -0.2) is 15.9 Å². The van der Waals surface area contributed by atoms with E-state index in [0.717, 1.165) is 11.3 Å². The summed E-state index contributed by atoms with van der Waals surface area (Å²) in [5.41, 5.74) is 3.54. The number of anilines is 2. The summed E-state index contributed by atoms with van der Waals surface area (Å²) in [5.74, 6) is 0.978. The van der Waals surface area contributed by atoms with Gasteiger partial charge in [0.2, 0.25) is 0 Å². The van der Waals surface area contributed by atoms with Crippen molar-refractivity contribution in [2.24, 2.45) is 0 Å². The SMILES string of the molecule is Cc1ccc(Nc2cnc(C(=O)NCc3ccco3)cn2)c(C)c1. The van der Waals surface area contributed by atoms with Gasteiger partial charge in [0.1, 0.15) is 17.3 Å². The highest BCUT2D eigenvalue weighted by Gasteiger charge is 2.09. The van der Waals surface area contributed by atoms with Crippen LogP contribution in [0.25, 0.3) is 0 Å². The van der Waals surface area contributed by atoms with Gasteiger partial charge in [-0.05, 0) is 37.6 Å². The number of aromatic nitrogens is 2. The van der Waals surface area contributed by atoms with Crippen molar-refractivity contribution in [1.29, 1.82) is 0 Å². The number of hydrogen-bond acceptors (Lipinski definition) is 5. The molecule has 6 heteroatoms.